The van der Waals surface area contributed by atoms with Crippen molar-refractivity contribution in [1.82, 2.24) is 28.8 Å². The van der Waals surface area contributed by atoms with Crippen molar-refractivity contribution in [2.24, 2.45) is 0 Å². The van der Waals surface area contributed by atoms with Crippen LogP contribution in [0.15, 0.2) is 47.0 Å². The van der Waals surface area contributed by atoms with E-state index in [0.29, 0.717) is 30.2 Å². The molecule has 156 valence electrons. The van der Waals surface area contributed by atoms with Gasteiger partial charge in [0.05, 0.1) is 11.9 Å². The summed E-state index contributed by atoms with van der Waals surface area (Å²) in [4.78, 5) is 8.78. The Morgan fingerprint density at radius 3 is 2.53 bits per heavy atom. The highest BCUT2D eigenvalue weighted by atomic mass is 32.2. The molecule has 0 amide bonds. The van der Waals surface area contributed by atoms with Gasteiger partial charge < -0.3 is 10.2 Å². The Hall–Kier alpha value is -3.15. The second kappa shape index (κ2) is 7.94. The third-order valence-electron chi connectivity index (χ3n) is 4.74. The summed E-state index contributed by atoms with van der Waals surface area (Å²) in [5.41, 5.74) is 8.57. The molecule has 0 saturated heterocycles. The summed E-state index contributed by atoms with van der Waals surface area (Å²) in [7, 11) is -0.426. The van der Waals surface area contributed by atoms with E-state index in [1.165, 1.54) is 22.7 Å². The quantitative estimate of drug-likeness (QED) is 0.650. The van der Waals surface area contributed by atoms with Crippen LogP contribution in [0.3, 0.4) is 0 Å². The van der Waals surface area contributed by atoms with Gasteiger partial charge in [-0.05, 0) is 24.1 Å². The second-order valence-corrected chi connectivity index (χ2v) is 9.04. The molecule has 3 heterocycles. The van der Waals surface area contributed by atoms with Gasteiger partial charge in [-0.3, -0.25) is 0 Å². The normalized spacial score (nSPS) is 15.4. The van der Waals surface area contributed by atoms with Gasteiger partial charge in [0, 0.05) is 32.7 Å². The first-order valence-corrected chi connectivity index (χ1v) is 10.6. The SMILES string of the molecule is CN(C)S(=O)(=O)N1CC=C(c2cnc(N)c(-c3nnc(-c4ccccc4)o3)n2)CC1. The van der Waals surface area contributed by atoms with Gasteiger partial charge in [-0.1, -0.05) is 24.3 Å². The lowest BCUT2D eigenvalue weighted by molar-refractivity contribution is 0.396. The van der Waals surface area contributed by atoms with Gasteiger partial charge in [0.25, 0.3) is 16.1 Å². The fourth-order valence-corrected chi connectivity index (χ4v) is 4.10. The molecule has 2 N–H and O–H groups in total. The van der Waals surface area contributed by atoms with Crippen LogP contribution >= 0.6 is 0 Å². The summed E-state index contributed by atoms with van der Waals surface area (Å²) in [5.74, 6) is 0.711. The van der Waals surface area contributed by atoms with Crippen molar-refractivity contribution in [2.45, 2.75) is 6.42 Å². The van der Waals surface area contributed by atoms with Gasteiger partial charge in [-0.15, -0.1) is 10.2 Å². The Labute approximate surface area is 174 Å². The van der Waals surface area contributed by atoms with Crippen LogP contribution in [0.25, 0.3) is 28.6 Å². The molecule has 10 nitrogen and oxygen atoms in total. The van der Waals surface area contributed by atoms with Gasteiger partial charge >= 0.3 is 0 Å². The van der Waals surface area contributed by atoms with Crippen molar-refractivity contribution in [3.05, 3.63) is 48.3 Å². The van der Waals surface area contributed by atoms with E-state index in [4.69, 9.17) is 10.2 Å². The Kier molecular flexibility index (Phi) is 5.33. The Morgan fingerprint density at radius 1 is 1.13 bits per heavy atom. The van der Waals surface area contributed by atoms with Crippen molar-refractivity contribution in [3.8, 4) is 23.0 Å². The maximum Gasteiger partial charge on any atom is 0.281 e. The molecular weight excluding hydrogens is 406 g/mol. The third-order valence-corrected chi connectivity index (χ3v) is 6.64. The van der Waals surface area contributed by atoms with Crippen molar-refractivity contribution in [1.29, 1.82) is 0 Å². The third kappa shape index (κ3) is 3.82. The van der Waals surface area contributed by atoms with Gasteiger partial charge in [-0.25, -0.2) is 9.97 Å². The lowest BCUT2D eigenvalue weighted by atomic mass is 10.1. The summed E-state index contributed by atoms with van der Waals surface area (Å²) >= 11 is 0. The molecule has 1 aliphatic rings. The predicted octanol–water partition coefficient (Wildman–Crippen LogP) is 1.67. The summed E-state index contributed by atoms with van der Waals surface area (Å²) < 4.78 is 32.9. The van der Waals surface area contributed by atoms with Crippen LogP contribution in [0.2, 0.25) is 0 Å². The van der Waals surface area contributed by atoms with Crippen LogP contribution in [0.4, 0.5) is 5.82 Å². The fraction of sp³-hybridized carbons (Fsp3) is 0.263. The van der Waals surface area contributed by atoms with Crippen LogP contribution in [-0.2, 0) is 10.2 Å². The molecule has 2 aromatic heterocycles. The summed E-state index contributed by atoms with van der Waals surface area (Å²) in [6.45, 7) is 0.613. The molecule has 1 aromatic carbocycles. The van der Waals surface area contributed by atoms with E-state index in [0.717, 1.165) is 11.1 Å². The van der Waals surface area contributed by atoms with Gasteiger partial charge in [0.1, 0.15) is 0 Å². The van der Waals surface area contributed by atoms with E-state index in [1.54, 1.807) is 6.20 Å². The first-order valence-electron chi connectivity index (χ1n) is 9.25. The minimum Gasteiger partial charge on any atom is -0.414 e. The number of rotatable bonds is 5. The van der Waals surface area contributed by atoms with Crippen molar-refractivity contribution < 1.29 is 12.8 Å². The minimum absolute atomic E-state index is 0.175. The molecule has 0 atom stereocenters. The standard InChI is InChI=1S/C19H21N7O3S/c1-25(2)30(27,28)26-10-8-13(9-11-26)15-12-21-17(20)16(22-15)19-24-23-18(29-19)14-6-4-3-5-7-14/h3-8,12H,9-11H2,1-2H3,(H2,20,21). The molecule has 0 saturated carbocycles. The van der Waals surface area contributed by atoms with Crippen LogP contribution < -0.4 is 5.73 Å². The van der Waals surface area contributed by atoms with E-state index >= 15 is 0 Å². The topological polar surface area (TPSA) is 131 Å². The molecule has 0 fully saturated rings. The number of nitrogens with two attached hydrogens (primary N) is 1. The van der Waals surface area contributed by atoms with E-state index in [1.807, 2.05) is 36.4 Å². The smallest absolute Gasteiger partial charge is 0.281 e. The van der Waals surface area contributed by atoms with E-state index in [2.05, 4.69) is 20.2 Å². The predicted molar refractivity (Wildman–Crippen MR) is 112 cm³/mol. The lowest BCUT2D eigenvalue weighted by Crippen LogP contribution is -2.42. The molecule has 0 aliphatic carbocycles. The first-order chi connectivity index (χ1) is 14.4. The number of aromatic nitrogens is 4. The van der Waals surface area contributed by atoms with E-state index in [-0.39, 0.29) is 18.3 Å². The summed E-state index contributed by atoms with van der Waals surface area (Å²) in [6.07, 6.45) is 3.90. The Bertz CT molecular complexity index is 1190. The van der Waals surface area contributed by atoms with Crippen LogP contribution in [0.1, 0.15) is 12.1 Å². The van der Waals surface area contributed by atoms with Crippen LogP contribution in [0, 0.1) is 0 Å². The highest BCUT2D eigenvalue weighted by Crippen LogP contribution is 2.28. The molecule has 0 unspecified atom stereocenters. The van der Waals surface area contributed by atoms with Crippen LogP contribution in [-0.4, -0.2) is 64.4 Å². The zero-order valence-electron chi connectivity index (χ0n) is 16.6. The number of anilines is 1. The number of nitrogen functional groups attached to an aromatic ring is 1. The number of hydrogen-bond acceptors (Lipinski definition) is 8. The van der Waals surface area contributed by atoms with Crippen LogP contribution in [0.5, 0.6) is 0 Å². The minimum atomic E-state index is -3.45. The first kappa shape index (κ1) is 20.1. The highest BCUT2D eigenvalue weighted by molar-refractivity contribution is 7.86. The second-order valence-electron chi connectivity index (χ2n) is 6.90. The Morgan fingerprint density at radius 2 is 1.87 bits per heavy atom. The highest BCUT2D eigenvalue weighted by Gasteiger charge is 2.27. The number of nitrogens with zero attached hydrogens (tertiary/aromatic N) is 6. The molecule has 3 aromatic rings. The molecule has 0 bridgehead atoms. The molecule has 0 radical (unpaired) electrons. The maximum absolute atomic E-state index is 12.3. The molecule has 0 spiro atoms. The molecule has 1 aliphatic heterocycles. The maximum atomic E-state index is 12.3. The molecule has 4 rings (SSSR count). The van der Waals surface area contributed by atoms with E-state index < -0.39 is 10.2 Å². The zero-order valence-corrected chi connectivity index (χ0v) is 17.4. The van der Waals surface area contributed by atoms with Gasteiger partial charge in [0.2, 0.25) is 5.89 Å². The summed E-state index contributed by atoms with van der Waals surface area (Å²) in [6, 6.07) is 9.38. The monoisotopic (exact) mass is 427 g/mol. The lowest BCUT2D eigenvalue weighted by Gasteiger charge is -2.28. The zero-order chi connectivity index (χ0) is 21.3. The summed E-state index contributed by atoms with van der Waals surface area (Å²) in [5, 5.41) is 8.13. The molecular formula is C19H21N7O3S. The van der Waals surface area contributed by atoms with Gasteiger partial charge in [-0.2, -0.15) is 17.0 Å². The van der Waals surface area contributed by atoms with Gasteiger partial charge in [0.15, 0.2) is 11.5 Å². The van der Waals surface area contributed by atoms with E-state index in [9.17, 15) is 8.42 Å². The average Bonchev–Trinajstić information content (AvgIpc) is 3.25. The number of benzene rings is 1. The number of hydrogen-bond donors (Lipinski definition) is 1. The molecule has 11 heteroatoms. The van der Waals surface area contributed by atoms with Crippen molar-refractivity contribution in [2.75, 3.05) is 32.9 Å². The largest absolute Gasteiger partial charge is 0.414 e. The van der Waals surface area contributed by atoms with Crippen molar-refractivity contribution >= 4 is 21.6 Å². The molecule has 30 heavy (non-hydrogen) atoms. The average molecular weight is 427 g/mol. The van der Waals surface area contributed by atoms with Crippen molar-refractivity contribution in [3.63, 3.8) is 0 Å². The Balaban J connectivity index is 1.61. The fourth-order valence-electron chi connectivity index (χ4n) is 3.05.